The molecule has 1 saturated heterocycles. The molecule has 1 amide bonds. The maximum absolute atomic E-state index is 13.0. The Bertz CT molecular complexity index is 1840. The fourth-order valence-corrected chi connectivity index (χ4v) is 9.13. The van der Waals surface area contributed by atoms with Gasteiger partial charge in [0.05, 0.1) is 49.2 Å². The molecule has 2 fully saturated rings. The number of nitrogens with two attached hydrogens (primary N) is 1. The second-order valence-electron chi connectivity index (χ2n) is 10.6. The van der Waals surface area contributed by atoms with Crippen molar-refractivity contribution in [3.63, 3.8) is 0 Å². The zero-order chi connectivity index (χ0) is 28.8. The number of primary amides is 1. The highest BCUT2D eigenvalue weighted by Gasteiger charge is 2.28. The number of ether oxygens (including phenoxy) is 1. The molecule has 12 nitrogen and oxygen atoms in total. The molecule has 42 heavy (non-hydrogen) atoms. The van der Waals surface area contributed by atoms with Crippen molar-refractivity contribution in [3.05, 3.63) is 50.5 Å². The van der Waals surface area contributed by atoms with Crippen LogP contribution >= 0.6 is 34.0 Å². The van der Waals surface area contributed by atoms with E-state index in [4.69, 9.17) is 20.4 Å². The molecule has 0 radical (unpaired) electrons. The second kappa shape index (κ2) is 11.3. The summed E-state index contributed by atoms with van der Waals surface area (Å²) in [6, 6.07) is 2.16. The van der Waals surface area contributed by atoms with Gasteiger partial charge in [-0.1, -0.05) is 6.42 Å². The van der Waals surface area contributed by atoms with Crippen LogP contribution in [0, 0.1) is 0 Å². The summed E-state index contributed by atoms with van der Waals surface area (Å²) in [5, 5.41) is 15.6. The number of hydrogen-bond donors (Lipinski definition) is 3. The zero-order valence-corrected chi connectivity index (χ0v) is 25.2. The predicted octanol–water partition coefficient (Wildman–Crippen LogP) is 2.38. The molecule has 1 saturated carbocycles. The first-order valence-corrected chi connectivity index (χ1v) is 16.4. The lowest BCUT2D eigenvalue weighted by Gasteiger charge is -2.28. The first-order chi connectivity index (χ1) is 20.5. The number of rotatable bonds is 7. The van der Waals surface area contributed by atoms with Gasteiger partial charge in [-0.3, -0.25) is 14.0 Å². The van der Waals surface area contributed by atoms with E-state index in [1.165, 1.54) is 29.1 Å². The molecular weight excluding hydrogens is 595 g/mol. The molecule has 15 heteroatoms. The van der Waals surface area contributed by atoms with Crippen LogP contribution in [-0.2, 0) is 11.2 Å². The van der Waals surface area contributed by atoms with Gasteiger partial charge in [0, 0.05) is 49.1 Å². The van der Waals surface area contributed by atoms with Crippen LogP contribution in [0.3, 0.4) is 0 Å². The van der Waals surface area contributed by atoms with Crippen LogP contribution in [0.4, 0.5) is 10.9 Å². The summed E-state index contributed by atoms with van der Waals surface area (Å²) in [5.41, 5.74) is 12.3. The van der Waals surface area contributed by atoms with E-state index in [0.29, 0.717) is 36.9 Å². The van der Waals surface area contributed by atoms with E-state index in [1.807, 2.05) is 11.6 Å². The molecule has 6 heterocycles. The van der Waals surface area contributed by atoms with Crippen LogP contribution in [0.2, 0.25) is 0 Å². The quantitative estimate of drug-likeness (QED) is 0.246. The number of carbonyl (C=O) groups excluding carboxylic acids is 1. The van der Waals surface area contributed by atoms with Crippen molar-refractivity contribution in [1.29, 1.82) is 0 Å². The summed E-state index contributed by atoms with van der Waals surface area (Å²) in [5.74, 6) is -0.0487. The Morgan fingerprint density at radius 1 is 1.19 bits per heavy atom. The number of thiophene rings is 1. The fourth-order valence-electron chi connectivity index (χ4n) is 5.67. The minimum Gasteiger partial charge on any atom is -0.378 e. The largest absolute Gasteiger partial charge is 0.378 e. The number of hydrogen-bond acceptors (Lipinski definition) is 12. The number of fused-ring (bicyclic) bond motifs is 2. The molecule has 0 bridgehead atoms. The van der Waals surface area contributed by atoms with E-state index in [1.54, 1.807) is 28.1 Å². The molecule has 1 aliphatic carbocycles. The lowest BCUT2D eigenvalue weighted by atomic mass is 9.91. The van der Waals surface area contributed by atoms with E-state index in [9.17, 15) is 9.59 Å². The van der Waals surface area contributed by atoms with E-state index in [-0.39, 0.29) is 23.1 Å². The van der Waals surface area contributed by atoms with E-state index in [0.717, 1.165) is 62.2 Å². The zero-order valence-electron chi connectivity index (χ0n) is 22.7. The average molecular weight is 625 g/mol. The molecule has 0 aromatic carbocycles. The van der Waals surface area contributed by atoms with Crippen LogP contribution in [0.15, 0.2) is 28.8 Å². The van der Waals surface area contributed by atoms with Gasteiger partial charge in [-0.15, -0.1) is 44.2 Å². The van der Waals surface area contributed by atoms with Crippen LogP contribution in [0.1, 0.15) is 46.7 Å². The Morgan fingerprint density at radius 3 is 2.83 bits per heavy atom. The molecular formula is C27H30N9O3S3+. The van der Waals surface area contributed by atoms with Crippen LogP contribution < -0.4 is 27.1 Å². The third-order valence-electron chi connectivity index (χ3n) is 7.89. The summed E-state index contributed by atoms with van der Waals surface area (Å²) in [7, 11) is 0. The summed E-state index contributed by atoms with van der Waals surface area (Å²) >= 11 is 4.61. The van der Waals surface area contributed by atoms with Gasteiger partial charge in [-0.2, -0.15) is 0 Å². The second-order valence-corrected chi connectivity index (χ2v) is 13.6. The lowest BCUT2D eigenvalue weighted by Crippen LogP contribution is -2.68. The van der Waals surface area contributed by atoms with Gasteiger partial charge in [-0.25, -0.2) is 9.97 Å². The first kappa shape index (κ1) is 27.3. The molecule has 1 aliphatic heterocycles. The van der Waals surface area contributed by atoms with Gasteiger partial charge in [0.1, 0.15) is 17.9 Å². The molecule has 2 atom stereocenters. The van der Waals surface area contributed by atoms with Gasteiger partial charge in [-0.05, 0) is 12.8 Å². The summed E-state index contributed by atoms with van der Waals surface area (Å²) in [6.45, 7) is 2.85. The molecule has 0 spiro atoms. The minimum absolute atomic E-state index is 0.0330. The molecule has 5 aromatic rings. The van der Waals surface area contributed by atoms with E-state index in [2.05, 4.69) is 26.1 Å². The maximum Gasteiger partial charge on any atom is 0.254 e. The summed E-state index contributed by atoms with van der Waals surface area (Å²) < 4.78 is 8.89. The average Bonchev–Trinajstić information content (AvgIpc) is 3.75. The van der Waals surface area contributed by atoms with Gasteiger partial charge < -0.3 is 26.4 Å². The summed E-state index contributed by atoms with van der Waals surface area (Å²) in [4.78, 5) is 38.3. The van der Waals surface area contributed by atoms with Gasteiger partial charge in [0.2, 0.25) is 5.95 Å². The molecule has 218 valence electrons. The number of thiazole rings is 1. The normalized spacial score (nSPS) is 19.5. The van der Waals surface area contributed by atoms with Crippen molar-refractivity contribution >= 4 is 65.9 Å². The Kier molecular flexibility index (Phi) is 7.35. The van der Waals surface area contributed by atoms with Gasteiger partial charge >= 0.3 is 0 Å². The molecule has 2 aliphatic rings. The lowest BCUT2D eigenvalue weighted by molar-refractivity contribution is -0.427. The number of anilines is 2. The number of amides is 1. The van der Waals surface area contributed by atoms with Crippen molar-refractivity contribution in [1.82, 2.24) is 24.6 Å². The maximum atomic E-state index is 13.0. The van der Waals surface area contributed by atoms with Crippen molar-refractivity contribution < 1.29 is 15.3 Å². The Labute approximate surface area is 252 Å². The predicted molar refractivity (Wildman–Crippen MR) is 165 cm³/mol. The number of carbonyl (C=O) groups is 1. The highest BCUT2D eigenvalue weighted by Crippen LogP contribution is 2.40. The Morgan fingerprint density at radius 2 is 2.02 bits per heavy atom. The van der Waals surface area contributed by atoms with Crippen LogP contribution in [0.25, 0.3) is 25.5 Å². The SMILES string of the molecule is NC(=O)c1c(Cc2ncc(-c3csc4c(=O)cc(N5CCOCC5)sc34)s2)nc(N[C@H]2CCCC[C@H]2[NH3+])n2cnnc12. The third kappa shape index (κ3) is 5.04. The highest BCUT2D eigenvalue weighted by atomic mass is 32.1. The van der Waals surface area contributed by atoms with Crippen molar-refractivity contribution in [2.24, 2.45) is 5.73 Å². The van der Waals surface area contributed by atoms with E-state index < -0.39 is 5.91 Å². The topological polar surface area (TPSA) is 168 Å². The number of aromatic nitrogens is 5. The standard InChI is InChI=1S/C27H29N9O3S3/c28-15-3-1-2-4-16(15)32-27-33-17(22(25(29)38)26-34-31-13-36(26)27)9-20-30-11-19(41-20)14-12-40-24-18(37)10-21(42-23(14)24)35-5-7-39-8-6-35/h10-13,15-16H,1-9,28H2,(H2,29,38)(H,32,33)/p+1/t15-,16+/m1/s1. The van der Waals surface area contributed by atoms with Crippen molar-refractivity contribution in [2.75, 3.05) is 36.5 Å². The van der Waals surface area contributed by atoms with Crippen LogP contribution in [0.5, 0.6) is 0 Å². The molecule has 6 N–H and O–H groups in total. The smallest absolute Gasteiger partial charge is 0.254 e. The first-order valence-electron chi connectivity index (χ1n) is 13.9. The number of nitrogens with zero attached hydrogens (tertiary/aromatic N) is 6. The van der Waals surface area contributed by atoms with Crippen molar-refractivity contribution in [2.45, 2.75) is 44.2 Å². The monoisotopic (exact) mass is 624 g/mol. The summed E-state index contributed by atoms with van der Waals surface area (Å²) in [6.07, 6.45) is 8.02. The Hall–Kier alpha value is -3.50. The highest BCUT2D eigenvalue weighted by molar-refractivity contribution is 7.29. The number of quaternary nitrogens is 1. The molecule has 5 aromatic heterocycles. The van der Waals surface area contributed by atoms with Gasteiger partial charge in [0.25, 0.3) is 5.91 Å². The minimum atomic E-state index is -0.615. The number of morpholine rings is 1. The van der Waals surface area contributed by atoms with Gasteiger partial charge in [0.15, 0.2) is 11.1 Å². The van der Waals surface area contributed by atoms with Crippen LogP contribution in [-0.4, -0.2) is 68.9 Å². The molecule has 0 unspecified atom stereocenters. The number of nitrogens with one attached hydrogen (secondary N) is 1. The van der Waals surface area contributed by atoms with E-state index >= 15 is 0 Å². The van der Waals surface area contributed by atoms with Crippen molar-refractivity contribution in [3.8, 4) is 10.4 Å². The third-order valence-corrected chi connectivity index (χ3v) is 11.3. The Balaban J connectivity index is 1.23. The fraction of sp³-hybridized carbons (Fsp3) is 0.407. The molecule has 7 rings (SSSR count).